The molecule has 0 fully saturated rings. The molecule has 2 N–H and O–H groups in total. The summed E-state index contributed by atoms with van der Waals surface area (Å²) in [5.41, 5.74) is 0.638. The number of methoxy groups -OCH3 is 1. The molecule has 0 saturated heterocycles. The molecule has 6 nitrogen and oxygen atoms in total. The molecule has 0 unspecified atom stereocenters. The Morgan fingerprint density at radius 3 is 2.68 bits per heavy atom. The first-order valence-corrected chi connectivity index (χ1v) is 7.70. The number of fused-ring (bicyclic) bond motifs is 1. The van der Waals surface area contributed by atoms with Crippen molar-refractivity contribution in [2.24, 2.45) is 0 Å². The first-order chi connectivity index (χ1) is 11.9. The van der Waals surface area contributed by atoms with Gasteiger partial charge in [0.25, 0.3) is 0 Å². The minimum atomic E-state index is -1.08. The van der Waals surface area contributed by atoms with Crippen molar-refractivity contribution in [3.05, 3.63) is 57.8 Å². The van der Waals surface area contributed by atoms with Gasteiger partial charge in [-0.2, -0.15) is 0 Å². The van der Waals surface area contributed by atoms with E-state index in [4.69, 9.17) is 16.3 Å². The number of rotatable bonds is 4. The lowest BCUT2D eigenvalue weighted by Crippen LogP contribution is -2.16. The number of nitrogens with zero attached hydrogens (tertiary/aromatic N) is 1. The molecule has 128 valence electrons. The summed E-state index contributed by atoms with van der Waals surface area (Å²) < 4.78 is 6.48. The van der Waals surface area contributed by atoms with Gasteiger partial charge in [-0.3, -0.25) is 9.59 Å². The zero-order valence-electron chi connectivity index (χ0n) is 13.2. The molecule has 3 rings (SSSR count). The molecule has 0 aliphatic carbocycles. The number of carboxylic acids is 1. The van der Waals surface area contributed by atoms with Crippen LogP contribution in [-0.4, -0.2) is 27.9 Å². The van der Waals surface area contributed by atoms with Gasteiger partial charge in [-0.15, -0.1) is 0 Å². The van der Waals surface area contributed by atoms with E-state index in [9.17, 15) is 19.8 Å². The third-order valence-electron chi connectivity index (χ3n) is 3.81. The quantitative estimate of drug-likeness (QED) is 0.747. The maximum atomic E-state index is 12.9. The highest BCUT2D eigenvalue weighted by molar-refractivity contribution is 6.30. The van der Waals surface area contributed by atoms with Gasteiger partial charge in [-0.05, 0) is 17.7 Å². The highest BCUT2D eigenvalue weighted by atomic mass is 35.5. The van der Waals surface area contributed by atoms with Crippen molar-refractivity contribution in [3.63, 3.8) is 0 Å². The lowest BCUT2D eigenvalue weighted by molar-refractivity contribution is -0.137. The van der Waals surface area contributed by atoms with Crippen LogP contribution in [0.15, 0.2) is 47.4 Å². The monoisotopic (exact) mass is 359 g/mol. The van der Waals surface area contributed by atoms with E-state index in [2.05, 4.69) is 0 Å². The number of carboxylic acid groups (broad SMARTS) is 1. The smallest absolute Gasteiger partial charge is 0.323 e. The molecule has 2 aromatic carbocycles. The summed E-state index contributed by atoms with van der Waals surface area (Å²) in [6.07, 6.45) is 1.45. The Morgan fingerprint density at radius 2 is 2.04 bits per heavy atom. The second-order valence-corrected chi connectivity index (χ2v) is 5.88. The first-order valence-electron chi connectivity index (χ1n) is 7.32. The van der Waals surface area contributed by atoms with Gasteiger partial charge in [-0.1, -0.05) is 23.7 Å². The fourth-order valence-corrected chi connectivity index (χ4v) is 2.91. The molecule has 0 amide bonds. The van der Waals surface area contributed by atoms with Crippen LogP contribution in [0, 0.1) is 0 Å². The molecule has 0 radical (unpaired) electrons. The minimum absolute atomic E-state index is 0.0273. The molecular weight excluding hydrogens is 346 g/mol. The van der Waals surface area contributed by atoms with Crippen LogP contribution in [-0.2, 0) is 11.3 Å². The summed E-state index contributed by atoms with van der Waals surface area (Å²) in [6, 6.07) is 9.49. The second kappa shape index (κ2) is 6.49. The largest absolute Gasteiger partial charge is 0.507 e. The van der Waals surface area contributed by atoms with Crippen molar-refractivity contribution in [1.82, 2.24) is 4.57 Å². The molecule has 1 heterocycles. The van der Waals surface area contributed by atoms with E-state index in [0.717, 1.165) is 0 Å². The van der Waals surface area contributed by atoms with Gasteiger partial charge < -0.3 is 19.5 Å². The Balaban J connectivity index is 2.40. The zero-order valence-corrected chi connectivity index (χ0v) is 13.9. The molecular formula is C18H14ClNO5. The van der Waals surface area contributed by atoms with Crippen molar-refractivity contribution in [1.29, 1.82) is 0 Å². The molecule has 0 aliphatic heterocycles. The number of benzene rings is 2. The first kappa shape index (κ1) is 16.9. The van der Waals surface area contributed by atoms with E-state index in [1.807, 2.05) is 0 Å². The number of ether oxygens (including phenoxy) is 1. The number of aliphatic carboxylic acids is 1. The van der Waals surface area contributed by atoms with Crippen LogP contribution < -0.4 is 10.2 Å². The molecule has 0 saturated carbocycles. The number of halogens is 1. The molecule has 7 heteroatoms. The Hall–Kier alpha value is -2.99. The van der Waals surface area contributed by atoms with E-state index >= 15 is 0 Å². The Morgan fingerprint density at radius 1 is 1.28 bits per heavy atom. The van der Waals surface area contributed by atoms with E-state index < -0.39 is 11.4 Å². The third kappa shape index (κ3) is 3.16. The number of hydrogen-bond donors (Lipinski definition) is 2. The fourth-order valence-electron chi connectivity index (χ4n) is 2.72. The van der Waals surface area contributed by atoms with Crippen molar-refractivity contribution in [2.75, 3.05) is 7.11 Å². The third-order valence-corrected chi connectivity index (χ3v) is 4.05. The number of hydrogen-bond acceptors (Lipinski definition) is 4. The summed E-state index contributed by atoms with van der Waals surface area (Å²) >= 11 is 5.99. The number of carbonyl (C=O) groups is 1. The van der Waals surface area contributed by atoms with Crippen molar-refractivity contribution >= 4 is 28.5 Å². The van der Waals surface area contributed by atoms with Gasteiger partial charge in [0, 0.05) is 28.9 Å². The molecule has 25 heavy (non-hydrogen) atoms. The standard InChI is InChI=1S/C18H14ClNO5/c1-25-12-6-14-17(15(21)7-12)18(24)13(8-20(14)9-16(22)23)10-3-2-4-11(19)5-10/h2-8,21H,9H2,1H3,(H,22,23). The van der Waals surface area contributed by atoms with Crippen LogP contribution in [0.3, 0.4) is 0 Å². The summed E-state index contributed by atoms with van der Waals surface area (Å²) in [6.45, 7) is -0.378. The maximum absolute atomic E-state index is 12.9. The van der Waals surface area contributed by atoms with Gasteiger partial charge in [0.1, 0.15) is 18.0 Å². The number of phenolic OH excluding ortho intramolecular Hbond substituents is 1. The normalized spacial score (nSPS) is 10.8. The minimum Gasteiger partial charge on any atom is -0.507 e. The van der Waals surface area contributed by atoms with Gasteiger partial charge in [0.05, 0.1) is 18.0 Å². The van der Waals surface area contributed by atoms with Crippen molar-refractivity contribution in [2.45, 2.75) is 6.54 Å². The molecule has 0 spiro atoms. The highest BCUT2D eigenvalue weighted by Gasteiger charge is 2.17. The fraction of sp³-hybridized carbons (Fsp3) is 0.111. The SMILES string of the molecule is COc1cc(O)c2c(=O)c(-c3cccc(Cl)c3)cn(CC(=O)O)c2c1. The van der Waals surface area contributed by atoms with E-state index in [1.54, 1.807) is 24.3 Å². The summed E-state index contributed by atoms with van der Waals surface area (Å²) in [5, 5.41) is 19.9. The van der Waals surface area contributed by atoms with E-state index in [-0.39, 0.29) is 28.8 Å². The number of aromatic hydroxyl groups is 1. The highest BCUT2D eigenvalue weighted by Crippen LogP contribution is 2.30. The average molecular weight is 360 g/mol. The summed E-state index contributed by atoms with van der Waals surface area (Å²) in [4.78, 5) is 24.1. The van der Waals surface area contributed by atoms with Crippen molar-refractivity contribution in [3.8, 4) is 22.6 Å². The topological polar surface area (TPSA) is 88.8 Å². The van der Waals surface area contributed by atoms with Crippen LogP contribution >= 0.6 is 11.6 Å². The van der Waals surface area contributed by atoms with Crippen LogP contribution in [0.4, 0.5) is 0 Å². The van der Waals surface area contributed by atoms with Crippen LogP contribution in [0.25, 0.3) is 22.0 Å². The zero-order chi connectivity index (χ0) is 18.1. The predicted molar refractivity (Wildman–Crippen MR) is 94.5 cm³/mol. The van der Waals surface area contributed by atoms with Crippen molar-refractivity contribution < 1.29 is 19.7 Å². The number of pyridine rings is 1. The number of phenols is 1. The summed E-state index contributed by atoms with van der Waals surface area (Å²) in [7, 11) is 1.42. The Kier molecular flexibility index (Phi) is 4.37. The van der Waals surface area contributed by atoms with Gasteiger partial charge >= 0.3 is 5.97 Å². The Labute approximate surface area is 147 Å². The number of aromatic nitrogens is 1. The second-order valence-electron chi connectivity index (χ2n) is 5.44. The predicted octanol–water partition coefficient (Wildman–Crippen LogP) is 3.12. The molecule has 0 bridgehead atoms. The lowest BCUT2D eigenvalue weighted by atomic mass is 10.0. The van der Waals surface area contributed by atoms with Gasteiger partial charge in [-0.25, -0.2) is 0 Å². The van der Waals surface area contributed by atoms with Crippen LogP contribution in [0.5, 0.6) is 11.5 Å². The van der Waals surface area contributed by atoms with E-state index in [1.165, 1.54) is 30.0 Å². The van der Waals surface area contributed by atoms with Gasteiger partial charge in [0.15, 0.2) is 0 Å². The average Bonchev–Trinajstić information content (AvgIpc) is 2.56. The summed E-state index contributed by atoms with van der Waals surface area (Å²) in [5.74, 6) is -1.04. The van der Waals surface area contributed by atoms with Gasteiger partial charge in [0.2, 0.25) is 5.43 Å². The molecule has 0 atom stereocenters. The molecule has 1 aromatic heterocycles. The molecule has 0 aliphatic rings. The lowest BCUT2D eigenvalue weighted by Gasteiger charge is -2.14. The van der Waals surface area contributed by atoms with E-state index in [0.29, 0.717) is 16.3 Å². The maximum Gasteiger partial charge on any atom is 0.323 e. The Bertz CT molecular complexity index is 1040. The van der Waals surface area contributed by atoms with Crippen LogP contribution in [0.2, 0.25) is 5.02 Å². The van der Waals surface area contributed by atoms with Crippen LogP contribution in [0.1, 0.15) is 0 Å². The molecule has 3 aromatic rings.